The Morgan fingerprint density at radius 3 is 2.37 bits per heavy atom. The summed E-state index contributed by atoms with van der Waals surface area (Å²) in [5, 5.41) is 2.83. The van der Waals surface area contributed by atoms with E-state index < -0.39 is 21.7 Å². The van der Waals surface area contributed by atoms with Gasteiger partial charge in [-0.25, -0.2) is 17.8 Å². The van der Waals surface area contributed by atoms with Crippen LogP contribution in [-0.4, -0.2) is 24.3 Å². The number of H-pyrrole nitrogens is 1. The number of imidazole rings is 1. The zero-order chi connectivity index (χ0) is 24.4. The number of anilines is 2. The Balaban J connectivity index is 1.34. The standard InChI is InChI=1S/C26H19FN4O3S/c27-19-11-13-22(14-12-19)35(33,34)31-21-8-4-6-18(16-21)26(32)28-20-7-3-5-17(15-20)25-29-23-9-1-2-10-24(23)30-25/h1-16,31H,(H,28,32)(H,29,30). The Morgan fingerprint density at radius 2 is 1.57 bits per heavy atom. The van der Waals surface area contributed by atoms with Gasteiger partial charge in [-0.1, -0.05) is 30.3 Å². The molecule has 5 aromatic rings. The first-order valence-electron chi connectivity index (χ1n) is 10.6. The Hall–Kier alpha value is -4.50. The number of carbonyl (C=O) groups excluding carboxylic acids is 1. The summed E-state index contributed by atoms with van der Waals surface area (Å²) in [4.78, 5) is 20.6. The molecule has 0 fully saturated rings. The lowest BCUT2D eigenvalue weighted by molar-refractivity contribution is 0.102. The fraction of sp³-hybridized carbons (Fsp3) is 0. The molecule has 0 aliphatic rings. The lowest BCUT2D eigenvalue weighted by Crippen LogP contribution is -2.15. The number of amides is 1. The van der Waals surface area contributed by atoms with E-state index in [0.29, 0.717) is 11.5 Å². The first kappa shape index (κ1) is 22.3. The maximum Gasteiger partial charge on any atom is 0.261 e. The van der Waals surface area contributed by atoms with E-state index in [1.165, 1.54) is 24.3 Å². The largest absolute Gasteiger partial charge is 0.338 e. The zero-order valence-electron chi connectivity index (χ0n) is 18.2. The normalized spacial score (nSPS) is 11.3. The highest BCUT2D eigenvalue weighted by Gasteiger charge is 2.16. The van der Waals surface area contributed by atoms with E-state index in [1.807, 2.05) is 36.4 Å². The monoisotopic (exact) mass is 486 g/mol. The molecule has 9 heteroatoms. The van der Waals surface area contributed by atoms with Crippen molar-refractivity contribution in [2.24, 2.45) is 0 Å². The van der Waals surface area contributed by atoms with Gasteiger partial charge in [-0.15, -0.1) is 0 Å². The number of halogens is 1. The van der Waals surface area contributed by atoms with E-state index in [2.05, 4.69) is 20.0 Å². The van der Waals surface area contributed by atoms with Crippen LogP contribution >= 0.6 is 0 Å². The number of benzene rings is 4. The summed E-state index contributed by atoms with van der Waals surface area (Å²) in [6.07, 6.45) is 0. The molecule has 0 radical (unpaired) electrons. The molecule has 1 heterocycles. The number of sulfonamides is 1. The molecular formula is C26H19FN4O3S. The van der Waals surface area contributed by atoms with Gasteiger partial charge in [0.1, 0.15) is 11.6 Å². The van der Waals surface area contributed by atoms with Crippen molar-refractivity contribution in [1.29, 1.82) is 0 Å². The fourth-order valence-corrected chi connectivity index (χ4v) is 4.64. The summed E-state index contributed by atoms with van der Waals surface area (Å²) in [7, 11) is -3.94. The molecule has 0 atom stereocenters. The Kier molecular flexibility index (Phi) is 5.76. The van der Waals surface area contributed by atoms with Crippen LogP contribution in [0.3, 0.4) is 0 Å². The second kappa shape index (κ2) is 9.03. The van der Waals surface area contributed by atoms with Gasteiger partial charge in [0.05, 0.1) is 15.9 Å². The molecule has 174 valence electrons. The number of hydrogen-bond donors (Lipinski definition) is 3. The predicted octanol–water partition coefficient (Wildman–Crippen LogP) is 5.42. The van der Waals surface area contributed by atoms with Crippen LogP contribution < -0.4 is 10.0 Å². The van der Waals surface area contributed by atoms with Gasteiger partial charge in [-0.3, -0.25) is 9.52 Å². The van der Waals surface area contributed by atoms with Gasteiger partial charge in [0.2, 0.25) is 0 Å². The molecule has 3 N–H and O–H groups in total. The molecule has 0 aliphatic carbocycles. The average molecular weight is 487 g/mol. The molecule has 0 aliphatic heterocycles. The van der Waals surface area contributed by atoms with E-state index >= 15 is 0 Å². The van der Waals surface area contributed by atoms with Gasteiger partial charge in [0.15, 0.2) is 0 Å². The van der Waals surface area contributed by atoms with Crippen molar-refractivity contribution in [3.63, 3.8) is 0 Å². The first-order valence-corrected chi connectivity index (χ1v) is 12.1. The Morgan fingerprint density at radius 1 is 0.829 bits per heavy atom. The number of nitrogens with zero attached hydrogens (tertiary/aromatic N) is 1. The summed E-state index contributed by atoms with van der Waals surface area (Å²) in [6, 6.07) is 25.5. The van der Waals surface area contributed by atoms with Crippen molar-refractivity contribution in [2.45, 2.75) is 4.90 Å². The highest BCUT2D eigenvalue weighted by molar-refractivity contribution is 7.92. The van der Waals surface area contributed by atoms with Crippen LogP contribution in [0.1, 0.15) is 10.4 Å². The topological polar surface area (TPSA) is 104 Å². The number of hydrogen-bond acceptors (Lipinski definition) is 4. The summed E-state index contributed by atoms with van der Waals surface area (Å²) < 4.78 is 40.7. The molecule has 1 amide bonds. The molecule has 1 aromatic heterocycles. The van der Waals surface area contributed by atoms with Crippen LogP contribution in [0, 0.1) is 5.82 Å². The average Bonchev–Trinajstić information content (AvgIpc) is 3.29. The van der Waals surface area contributed by atoms with E-state index in [1.54, 1.807) is 24.3 Å². The Labute approximate surface area is 200 Å². The number of rotatable bonds is 6. The van der Waals surface area contributed by atoms with Gasteiger partial charge in [-0.05, 0) is 66.7 Å². The van der Waals surface area contributed by atoms with Crippen molar-refractivity contribution in [3.05, 3.63) is 108 Å². The van der Waals surface area contributed by atoms with Gasteiger partial charge in [0, 0.05) is 22.5 Å². The summed E-state index contributed by atoms with van der Waals surface area (Å²) in [5.74, 6) is -0.263. The highest BCUT2D eigenvalue weighted by Crippen LogP contribution is 2.24. The van der Waals surface area contributed by atoms with Crippen molar-refractivity contribution in [1.82, 2.24) is 9.97 Å². The van der Waals surface area contributed by atoms with Crippen LogP contribution in [0.15, 0.2) is 102 Å². The van der Waals surface area contributed by atoms with Crippen molar-refractivity contribution >= 4 is 38.3 Å². The number of para-hydroxylation sites is 2. The van der Waals surface area contributed by atoms with E-state index in [4.69, 9.17) is 0 Å². The minimum atomic E-state index is -3.94. The number of fused-ring (bicyclic) bond motifs is 1. The molecule has 0 unspecified atom stereocenters. The second-order valence-electron chi connectivity index (χ2n) is 7.78. The maximum absolute atomic E-state index is 13.1. The highest BCUT2D eigenvalue weighted by atomic mass is 32.2. The molecule has 5 rings (SSSR count). The molecule has 0 saturated carbocycles. The smallest absolute Gasteiger partial charge is 0.261 e. The van der Waals surface area contributed by atoms with E-state index in [-0.39, 0.29) is 16.1 Å². The van der Waals surface area contributed by atoms with Gasteiger partial charge < -0.3 is 10.3 Å². The molecule has 0 bridgehead atoms. The summed E-state index contributed by atoms with van der Waals surface area (Å²) in [6.45, 7) is 0. The SMILES string of the molecule is O=C(Nc1cccc(-c2nc3ccccc3[nH]2)c1)c1cccc(NS(=O)(=O)c2ccc(F)cc2)c1. The lowest BCUT2D eigenvalue weighted by atomic mass is 10.1. The predicted molar refractivity (Wildman–Crippen MR) is 133 cm³/mol. The quantitative estimate of drug-likeness (QED) is 0.298. The molecule has 0 saturated heterocycles. The number of nitrogens with one attached hydrogen (secondary N) is 3. The second-order valence-corrected chi connectivity index (χ2v) is 9.46. The van der Waals surface area contributed by atoms with Crippen LogP contribution in [0.2, 0.25) is 0 Å². The van der Waals surface area contributed by atoms with Gasteiger partial charge >= 0.3 is 0 Å². The molecule has 35 heavy (non-hydrogen) atoms. The van der Waals surface area contributed by atoms with Crippen LogP contribution in [-0.2, 0) is 10.0 Å². The summed E-state index contributed by atoms with van der Waals surface area (Å²) >= 11 is 0. The third kappa shape index (κ3) is 4.90. The van der Waals surface area contributed by atoms with E-state index in [0.717, 1.165) is 28.7 Å². The van der Waals surface area contributed by atoms with Crippen molar-refractivity contribution in [3.8, 4) is 11.4 Å². The van der Waals surface area contributed by atoms with Crippen LogP contribution in [0.5, 0.6) is 0 Å². The molecular weight excluding hydrogens is 467 g/mol. The molecule has 4 aromatic carbocycles. The summed E-state index contributed by atoms with van der Waals surface area (Å²) in [5.41, 5.74) is 3.59. The Bertz CT molecular complexity index is 1610. The number of aromatic amines is 1. The van der Waals surface area contributed by atoms with E-state index in [9.17, 15) is 17.6 Å². The van der Waals surface area contributed by atoms with Gasteiger partial charge in [0.25, 0.3) is 15.9 Å². The minimum Gasteiger partial charge on any atom is -0.338 e. The lowest BCUT2D eigenvalue weighted by Gasteiger charge is -2.10. The fourth-order valence-electron chi connectivity index (χ4n) is 3.59. The van der Waals surface area contributed by atoms with Gasteiger partial charge in [-0.2, -0.15) is 0 Å². The molecule has 0 spiro atoms. The third-order valence-corrected chi connectivity index (χ3v) is 6.68. The third-order valence-electron chi connectivity index (χ3n) is 5.28. The maximum atomic E-state index is 13.1. The first-order chi connectivity index (χ1) is 16.9. The molecule has 7 nitrogen and oxygen atoms in total. The number of carbonyl (C=O) groups is 1. The van der Waals surface area contributed by atoms with Crippen molar-refractivity contribution in [2.75, 3.05) is 10.0 Å². The van der Waals surface area contributed by atoms with Crippen molar-refractivity contribution < 1.29 is 17.6 Å². The van der Waals surface area contributed by atoms with Crippen LogP contribution in [0.4, 0.5) is 15.8 Å². The zero-order valence-corrected chi connectivity index (χ0v) is 19.0. The number of aromatic nitrogens is 2. The van der Waals surface area contributed by atoms with Crippen LogP contribution in [0.25, 0.3) is 22.4 Å². The minimum absolute atomic E-state index is 0.0869.